The minimum absolute atomic E-state index is 0.0764. The van der Waals surface area contributed by atoms with E-state index in [1.54, 1.807) is 0 Å². The third-order valence-corrected chi connectivity index (χ3v) is 3.03. The van der Waals surface area contributed by atoms with Crippen molar-refractivity contribution in [2.24, 2.45) is 0 Å². The summed E-state index contributed by atoms with van der Waals surface area (Å²) in [5.41, 5.74) is 2.14. The minimum Gasteiger partial charge on any atom is -0.465 e. The van der Waals surface area contributed by atoms with Crippen molar-refractivity contribution in [1.82, 2.24) is 4.98 Å². The van der Waals surface area contributed by atoms with Gasteiger partial charge in [0.1, 0.15) is 0 Å². The molecule has 0 spiro atoms. The SMILES string of the molecule is COC(=O)c1cnc(C)cc1C1C=CC=C1Cl. The van der Waals surface area contributed by atoms with E-state index in [4.69, 9.17) is 16.3 Å². The molecule has 1 aromatic heterocycles. The molecular formula is C13H12ClNO2. The lowest BCUT2D eigenvalue weighted by Crippen LogP contribution is -2.09. The fourth-order valence-electron chi connectivity index (χ4n) is 1.83. The maximum absolute atomic E-state index is 11.7. The number of pyridine rings is 1. The molecule has 1 aliphatic rings. The molecule has 0 amide bonds. The molecule has 0 fully saturated rings. The number of ether oxygens (including phenoxy) is 1. The predicted molar refractivity (Wildman–Crippen MR) is 66.1 cm³/mol. The Morgan fingerprint density at radius 3 is 2.88 bits per heavy atom. The van der Waals surface area contributed by atoms with E-state index >= 15 is 0 Å². The van der Waals surface area contributed by atoms with Gasteiger partial charge in [-0.15, -0.1) is 0 Å². The molecule has 3 nitrogen and oxygen atoms in total. The molecule has 1 aromatic rings. The van der Waals surface area contributed by atoms with Gasteiger partial charge in [-0.25, -0.2) is 4.79 Å². The molecule has 4 heteroatoms. The summed E-state index contributed by atoms with van der Waals surface area (Å²) in [5.74, 6) is -0.468. The summed E-state index contributed by atoms with van der Waals surface area (Å²) in [6.07, 6.45) is 7.18. The van der Waals surface area contributed by atoms with E-state index < -0.39 is 5.97 Å². The van der Waals surface area contributed by atoms with Crippen molar-refractivity contribution in [3.63, 3.8) is 0 Å². The topological polar surface area (TPSA) is 39.2 Å². The summed E-state index contributed by atoms with van der Waals surface area (Å²) in [4.78, 5) is 15.8. The van der Waals surface area contributed by atoms with Gasteiger partial charge < -0.3 is 4.74 Å². The van der Waals surface area contributed by atoms with E-state index in [1.165, 1.54) is 13.3 Å². The van der Waals surface area contributed by atoms with E-state index in [1.807, 2.05) is 31.2 Å². The van der Waals surface area contributed by atoms with E-state index in [2.05, 4.69) is 4.98 Å². The molecule has 2 rings (SSSR count). The number of carbonyl (C=O) groups is 1. The van der Waals surface area contributed by atoms with Crippen LogP contribution < -0.4 is 0 Å². The Bertz CT molecular complexity index is 520. The van der Waals surface area contributed by atoms with Crippen LogP contribution >= 0.6 is 11.6 Å². The highest BCUT2D eigenvalue weighted by molar-refractivity contribution is 6.31. The van der Waals surface area contributed by atoms with Gasteiger partial charge in [0, 0.05) is 22.8 Å². The normalized spacial score (nSPS) is 18.1. The van der Waals surface area contributed by atoms with Crippen molar-refractivity contribution >= 4 is 17.6 Å². The molecule has 1 unspecified atom stereocenters. The number of nitrogens with zero attached hydrogens (tertiary/aromatic N) is 1. The highest BCUT2D eigenvalue weighted by Crippen LogP contribution is 2.34. The number of aromatic nitrogens is 1. The molecule has 1 atom stereocenters. The van der Waals surface area contributed by atoms with E-state index in [0.29, 0.717) is 10.6 Å². The van der Waals surface area contributed by atoms with Crippen LogP contribution in [0.15, 0.2) is 35.5 Å². The first-order valence-corrected chi connectivity index (χ1v) is 5.60. The number of halogens is 1. The second-order valence-electron chi connectivity index (χ2n) is 3.82. The molecule has 0 radical (unpaired) electrons. The highest BCUT2D eigenvalue weighted by atomic mass is 35.5. The number of aryl methyl sites for hydroxylation is 1. The fraction of sp³-hybridized carbons (Fsp3) is 0.231. The zero-order chi connectivity index (χ0) is 12.4. The average Bonchev–Trinajstić information content (AvgIpc) is 2.74. The molecular weight excluding hydrogens is 238 g/mol. The van der Waals surface area contributed by atoms with E-state index in [9.17, 15) is 4.79 Å². The van der Waals surface area contributed by atoms with Gasteiger partial charge in [0.15, 0.2) is 0 Å². The van der Waals surface area contributed by atoms with Gasteiger partial charge in [-0.2, -0.15) is 0 Å². The van der Waals surface area contributed by atoms with Gasteiger partial charge >= 0.3 is 5.97 Å². The number of methoxy groups -OCH3 is 1. The third kappa shape index (κ3) is 2.24. The van der Waals surface area contributed by atoms with Crippen molar-refractivity contribution in [2.75, 3.05) is 7.11 Å². The Morgan fingerprint density at radius 1 is 1.53 bits per heavy atom. The fourth-order valence-corrected chi connectivity index (χ4v) is 2.09. The van der Waals surface area contributed by atoms with Crippen LogP contribution in [0.4, 0.5) is 0 Å². The van der Waals surface area contributed by atoms with Gasteiger partial charge in [0.25, 0.3) is 0 Å². The molecule has 1 aliphatic carbocycles. The van der Waals surface area contributed by atoms with Crippen LogP contribution in [0.1, 0.15) is 27.5 Å². The molecule has 0 aromatic carbocycles. The Balaban J connectivity index is 2.51. The summed E-state index contributed by atoms with van der Waals surface area (Å²) < 4.78 is 4.75. The molecule has 0 saturated carbocycles. The summed E-state index contributed by atoms with van der Waals surface area (Å²) in [5, 5.41) is 0.695. The van der Waals surface area contributed by atoms with Crippen LogP contribution in [0, 0.1) is 6.92 Å². The molecule has 88 valence electrons. The van der Waals surface area contributed by atoms with Crippen molar-refractivity contribution in [3.05, 3.63) is 52.3 Å². The molecule has 0 aliphatic heterocycles. The molecule has 1 heterocycles. The smallest absolute Gasteiger partial charge is 0.339 e. The van der Waals surface area contributed by atoms with Crippen molar-refractivity contribution in [1.29, 1.82) is 0 Å². The lowest BCUT2D eigenvalue weighted by atomic mass is 9.96. The van der Waals surface area contributed by atoms with Crippen molar-refractivity contribution in [2.45, 2.75) is 12.8 Å². The van der Waals surface area contributed by atoms with Gasteiger partial charge in [0.2, 0.25) is 0 Å². The Morgan fingerprint density at radius 2 is 2.29 bits per heavy atom. The zero-order valence-electron chi connectivity index (χ0n) is 9.61. The van der Waals surface area contributed by atoms with Gasteiger partial charge in [-0.05, 0) is 24.6 Å². The Hall–Kier alpha value is -1.61. The standard InChI is InChI=1S/C13H12ClNO2/c1-8-6-10(9-4-3-5-12(9)14)11(7-15-8)13(16)17-2/h3-7,9H,1-2H3. The van der Waals surface area contributed by atoms with Crippen LogP contribution in [-0.2, 0) is 4.74 Å². The third-order valence-electron chi connectivity index (χ3n) is 2.67. The maximum Gasteiger partial charge on any atom is 0.339 e. The molecule has 17 heavy (non-hydrogen) atoms. The van der Waals surface area contributed by atoms with Crippen LogP contribution in [-0.4, -0.2) is 18.1 Å². The summed E-state index contributed by atoms with van der Waals surface area (Å²) in [6.45, 7) is 1.88. The summed E-state index contributed by atoms with van der Waals surface area (Å²) in [6, 6.07) is 1.86. The van der Waals surface area contributed by atoms with Gasteiger partial charge in [-0.3, -0.25) is 4.98 Å². The first-order chi connectivity index (χ1) is 8.13. The van der Waals surface area contributed by atoms with Crippen LogP contribution in [0.2, 0.25) is 0 Å². The Kier molecular flexibility index (Phi) is 3.29. The number of carbonyl (C=O) groups excluding carboxylic acids is 1. The molecule has 0 bridgehead atoms. The Labute approximate surface area is 105 Å². The van der Waals surface area contributed by atoms with Gasteiger partial charge in [-0.1, -0.05) is 23.8 Å². The first kappa shape index (κ1) is 11.9. The number of allylic oxidation sites excluding steroid dienone is 4. The predicted octanol–water partition coefficient (Wildman–Crippen LogP) is 2.95. The number of rotatable bonds is 2. The monoisotopic (exact) mass is 249 g/mol. The van der Waals surface area contributed by atoms with Crippen LogP contribution in [0.3, 0.4) is 0 Å². The second kappa shape index (κ2) is 4.72. The average molecular weight is 250 g/mol. The van der Waals surface area contributed by atoms with Crippen molar-refractivity contribution in [3.8, 4) is 0 Å². The summed E-state index contributed by atoms with van der Waals surface area (Å²) in [7, 11) is 1.36. The minimum atomic E-state index is -0.391. The second-order valence-corrected chi connectivity index (χ2v) is 4.26. The number of hydrogen-bond acceptors (Lipinski definition) is 3. The quantitative estimate of drug-likeness (QED) is 0.757. The number of hydrogen-bond donors (Lipinski definition) is 0. The first-order valence-electron chi connectivity index (χ1n) is 5.22. The van der Waals surface area contributed by atoms with E-state index in [-0.39, 0.29) is 5.92 Å². The lowest BCUT2D eigenvalue weighted by Gasteiger charge is -2.13. The maximum atomic E-state index is 11.7. The van der Waals surface area contributed by atoms with Crippen molar-refractivity contribution < 1.29 is 9.53 Å². The van der Waals surface area contributed by atoms with Crippen LogP contribution in [0.25, 0.3) is 0 Å². The largest absolute Gasteiger partial charge is 0.465 e. The lowest BCUT2D eigenvalue weighted by molar-refractivity contribution is 0.0599. The molecule has 0 saturated heterocycles. The molecule has 0 N–H and O–H groups in total. The van der Waals surface area contributed by atoms with E-state index in [0.717, 1.165) is 11.3 Å². The van der Waals surface area contributed by atoms with Crippen LogP contribution in [0.5, 0.6) is 0 Å². The number of esters is 1. The van der Waals surface area contributed by atoms with Gasteiger partial charge in [0.05, 0.1) is 12.7 Å². The zero-order valence-corrected chi connectivity index (χ0v) is 10.4. The highest BCUT2D eigenvalue weighted by Gasteiger charge is 2.22. The summed E-state index contributed by atoms with van der Waals surface area (Å²) >= 11 is 6.11.